The number of fused-ring (bicyclic) bond motifs is 1. The Kier molecular flexibility index (Phi) is 4.24. The van der Waals surface area contributed by atoms with Crippen molar-refractivity contribution in [1.29, 1.82) is 0 Å². The summed E-state index contributed by atoms with van der Waals surface area (Å²) >= 11 is 0. The molecule has 0 bridgehead atoms. The largest absolute Gasteiger partial charge is 0.466 e. The fourth-order valence-electron chi connectivity index (χ4n) is 2.49. The van der Waals surface area contributed by atoms with E-state index < -0.39 is 0 Å². The SMILES string of the molecule is CCOC(=O)Cc1cccc2c(=O)cc(-c3ccccc3)oc12. The van der Waals surface area contributed by atoms with Crippen molar-refractivity contribution in [3.8, 4) is 11.3 Å². The van der Waals surface area contributed by atoms with E-state index in [1.54, 1.807) is 25.1 Å². The van der Waals surface area contributed by atoms with Gasteiger partial charge in [0.1, 0.15) is 11.3 Å². The van der Waals surface area contributed by atoms with Crippen LogP contribution in [0.1, 0.15) is 12.5 Å². The zero-order chi connectivity index (χ0) is 16.2. The Labute approximate surface area is 133 Å². The molecule has 0 fully saturated rings. The highest BCUT2D eigenvalue weighted by Crippen LogP contribution is 2.24. The number of rotatable bonds is 4. The highest BCUT2D eigenvalue weighted by molar-refractivity contribution is 5.85. The van der Waals surface area contributed by atoms with Crippen LogP contribution in [0.3, 0.4) is 0 Å². The third kappa shape index (κ3) is 3.16. The van der Waals surface area contributed by atoms with Gasteiger partial charge in [0.25, 0.3) is 0 Å². The molecule has 0 radical (unpaired) electrons. The summed E-state index contributed by atoms with van der Waals surface area (Å²) in [6.45, 7) is 2.08. The van der Waals surface area contributed by atoms with Crippen LogP contribution in [0.2, 0.25) is 0 Å². The molecule has 0 aliphatic heterocycles. The van der Waals surface area contributed by atoms with E-state index in [1.807, 2.05) is 30.3 Å². The van der Waals surface area contributed by atoms with Gasteiger partial charge in [-0.3, -0.25) is 9.59 Å². The first kappa shape index (κ1) is 15.0. The fraction of sp³-hybridized carbons (Fsp3) is 0.158. The Balaban J connectivity index is 2.14. The molecule has 0 atom stereocenters. The van der Waals surface area contributed by atoms with Crippen LogP contribution in [0, 0.1) is 0 Å². The van der Waals surface area contributed by atoms with Crippen molar-refractivity contribution in [3.63, 3.8) is 0 Å². The Morgan fingerprint density at radius 1 is 1.09 bits per heavy atom. The molecule has 0 aliphatic rings. The summed E-state index contributed by atoms with van der Waals surface area (Å²) in [5.41, 5.74) is 1.77. The second kappa shape index (κ2) is 6.48. The van der Waals surface area contributed by atoms with Crippen LogP contribution in [0.5, 0.6) is 0 Å². The first-order valence-electron chi connectivity index (χ1n) is 7.46. The molecule has 3 rings (SSSR count). The van der Waals surface area contributed by atoms with Gasteiger partial charge < -0.3 is 9.15 Å². The van der Waals surface area contributed by atoms with E-state index in [0.29, 0.717) is 28.9 Å². The smallest absolute Gasteiger partial charge is 0.310 e. The molecule has 116 valence electrons. The standard InChI is InChI=1S/C19H16O4/c1-2-22-18(21)11-14-9-6-10-15-16(20)12-17(23-19(14)15)13-7-4-3-5-8-13/h3-10,12H,2,11H2,1H3. The highest BCUT2D eigenvalue weighted by Gasteiger charge is 2.13. The van der Waals surface area contributed by atoms with E-state index in [-0.39, 0.29) is 17.8 Å². The molecule has 4 heteroatoms. The molecule has 0 spiro atoms. The lowest BCUT2D eigenvalue weighted by molar-refractivity contribution is -0.142. The maximum atomic E-state index is 12.4. The van der Waals surface area contributed by atoms with E-state index in [0.717, 1.165) is 5.56 Å². The normalized spacial score (nSPS) is 10.7. The molecular formula is C19H16O4. The Hall–Kier alpha value is -2.88. The first-order chi connectivity index (χ1) is 11.2. The summed E-state index contributed by atoms with van der Waals surface area (Å²) in [5.74, 6) is 0.146. The van der Waals surface area contributed by atoms with E-state index in [1.165, 1.54) is 6.07 Å². The number of carbonyl (C=O) groups is 1. The number of hydrogen-bond acceptors (Lipinski definition) is 4. The predicted octanol–water partition coefficient (Wildman–Crippen LogP) is 3.57. The number of hydrogen-bond donors (Lipinski definition) is 0. The average Bonchev–Trinajstić information content (AvgIpc) is 2.56. The maximum absolute atomic E-state index is 12.4. The van der Waals surface area contributed by atoms with Gasteiger partial charge in [0, 0.05) is 17.2 Å². The van der Waals surface area contributed by atoms with Gasteiger partial charge in [-0.15, -0.1) is 0 Å². The van der Waals surface area contributed by atoms with Crippen LogP contribution in [0.4, 0.5) is 0 Å². The van der Waals surface area contributed by atoms with Gasteiger partial charge in [0.2, 0.25) is 0 Å². The summed E-state index contributed by atoms with van der Waals surface area (Å²) in [7, 11) is 0. The summed E-state index contributed by atoms with van der Waals surface area (Å²) in [5, 5.41) is 0.464. The molecule has 1 heterocycles. The lowest BCUT2D eigenvalue weighted by atomic mass is 10.1. The second-order valence-electron chi connectivity index (χ2n) is 5.12. The fourth-order valence-corrected chi connectivity index (χ4v) is 2.49. The number of esters is 1. The molecule has 0 saturated carbocycles. The average molecular weight is 308 g/mol. The van der Waals surface area contributed by atoms with Crippen LogP contribution in [-0.4, -0.2) is 12.6 Å². The molecule has 0 amide bonds. The van der Waals surface area contributed by atoms with Gasteiger partial charge in [0.05, 0.1) is 18.4 Å². The Morgan fingerprint density at radius 2 is 1.87 bits per heavy atom. The lowest BCUT2D eigenvalue weighted by Gasteiger charge is -2.07. The molecule has 3 aromatic rings. The Morgan fingerprint density at radius 3 is 2.61 bits per heavy atom. The van der Waals surface area contributed by atoms with E-state index in [4.69, 9.17) is 9.15 Å². The van der Waals surface area contributed by atoms with Gasteiger partial charge in [-0.2, -0.15) is 0 Å². The molecule has 2 aromatic carbocycles. The van der Waals surface area contributed by atoms with Gasteiger partial charge in [-0.1, -0.05) is 42.5 Å². The molecule has 0 saturated heterocycles. The third-order valence-corrected chi connectivity index (χ3v) is 3.53. The van der Waals surface area contributed by atoms with Crippen LogP contribution < -0.4 is 5.43 Å². The molecule has 0 N–H and O–H groups in total. The highest BCUT2D eigenvalue weighted by atomic mass is 16.5. The van der Waals surface area contributed by atoms with Gasteiger partial charge in [-0.25, -0.2) is 0 Å². The minimum absolute atomic E-state index is 0.0758. The first-order valence-corrected chi connectivity index (χ1v) is 7.46. The van der Waals surface area contributed by atoms with Crippen molar-refractivity contribution in [2.45, 2.75) is 13.3 Å². The summed E-state index contributed by atoms with van der Waals surface area (Å²) in [6, 6.07) is 16.1. The summed E-state index contributed by atoms with van der Waals surface area (Å²) < 4.78 is 10.9. The number of carbonyl (C=O) groups excluding carboxylic acids is 1. The van der Waals surface area contributed by atoms with Crippen molar-refractivity contribution < 1.29 is 13.9 Å². The molecule has 0 aliphatic carbocycles. The lowest BCUT2D eigenvalue weighted by Crippen LogP contribution is -2.09. The van der Waals surface area contributed by atoms with Crippen molar-refractivity contribution >= 4 is 16.9 Å². The molecule has 4 nitrogen and oxygen atoms in total. The minimum atomic E-state index is -0.340. The van der Waals surface area contributed by atoms with E-state index >= 15 is 0 Å². The minimum Gasteiger partial charge on any atom is -0.466 e. The van der Waals surface area contributed by atoms with Gasteiger partial charge in [-0.05, 0) is 13.0 Å². The van der Waals surface area contributed by atoms with Crippen molar-refractivity contribution in [3.05, 3.63) is 70.4 Å². The van der Waals surface area contributed by atoms with Gasteiger partial charge in [0.15, 0.2) is 5.43 Å². The number of para-hydroxylation sites is 1. The van der Waals surface area contributed by atoms with Crippen LogP contribution in [-0.2, 0) is 16.0 Å². The van der Waals surface area contributed by atoms with Crippen LogP contribution in [0.15, 0.2) is 63.8 Å². The molecule has 1 aromatic heterocycles. The summed E-state index contributed by atoms with van der Waals surface area (Å²) in [6.07, 6.45) is 0.0758. The van der Waals surface area contributed by atoms with Crippen molar-refractivity contribution in [2.24, 2.45) is 0 Å². The van der Waals surface area contributed by atoms with Crippen molar-refractivity contribution in [2.75, 3.05) is 6.61 Å². The Bertz CT molecular complexity index is 894. The number of ether oxygens (including phenoxy) is 1. The maximum Gasteiger partial charge on any atom is 0.310 e. The monoisotopic (exact) mass is 308 g/mol. The molecule has 23 heavy (non-hydrogen) atoms. The molecular weight excluding hydrogens is 292 g/mol. The zero-order valence-corrected chi connectivity index (χ0v) is 12.7. The third-order valence-electron chi connectivity index (χ3n) is 3.53. The molecule has 0 unspecified atom stereocenters. The van der Waals surface area contributed by atoms with E-state index in [2.05, 4.69) is 0 Å². The van der Waals surface area contributed by atoms with Crippen LogP contribution >= 0.6 is 0 Å². The topological polar surface area (TPSA) is 56.5 Å². The quantitative estimate of drug-likeness (QED) is 0.691. The van der Waals surface area contributed by atoms with Crippen LogP contribution in [0.25, 0.3) is 22.3 Å². The predicted molar refractivity (Wildman–Crippen MR) is 88.3 cm³/mol. The number of benzene rings is 2. The zero-order valence-electron chi connectivity index (χ0n) is 12.7. The van der Waals surface area contributed by atoms with Gasteiger partial charge >= 0.3 is 5.97 Å². The second-order valence-corrected chi connectivity index (χ2v) is 5.12. The van der Waals surface area contributed by atoms with Crippen molar-refractivity contribution in [1.82, 2.24) is 0 Å². The van der Waals surface area contributed by atoms with E-state index in [9.17, 15) is 9.59 Å². The summed E-state index contributed by atoms with van der Waals surface area (Å²) in [4.78, 5) is 24.1.